The average Bonchev–Trinajstić information content (AvgIpc) is 2.61. The van der Waals surface area contributed by atoms with Crippen LogP contribution in [0.2, 0.25) is 0 Å². The normalized spacial score (nSPS) is 10.0. The van der Waals surface area contributed by atoms with Gasteiger partial charge >= 0.3 is 6.03 Å². The Hall–Kier alpha value is -3.34. The summed E-state index contributed by atoms with van der Waals surface area (Å²) in [4.78, 5) is 20.1. The number of nitrogens with one attached hydrogen (secondary N) is 3. The van der Waals surface area contributed by atoms with E-state index in [0.29, 0.717) is 36.0 Å². The molecule has 3 N–H and O–H groups in total. The van der Waals surface area contributed by atoms with Crippen molar-refractivity contribution in [3.05, 3.63) is 42.2 Å². The fraction of sp³-hybridized carbons (Fsp3) is 0.294. The summed E-state index contributed by atoms with van der Waals surface area (Å²) in [6, 6.07) is 8.27. The standard InChI is InChI=1S/C17H20N6O2/c1-12(2)25-15-5-4-13(11-18)10-14(15)23-17(24)22-9-8-21-16-19-6-3-7-20-16/h3-7,10,12H,8-9H2,1-2H3,(H,19,20,21)(H2,22,23,24). The van der Waals surface area contributed by atoms with Gasteiger partial charge in [-0.25, -0.2) is 14.8 Å². The molecule has 0 atom stereocenters. The van der Waals surface area contributed by atoms with Crippen LogP contribution < -0.4 is 20.7 Å². The number of ether oxygens (including phenoxy) is 1. The summed E-state index contributed by atoms with van der Waals surface area (Å²) in [5, 5.41) is 17.4. The molecule has 0 unspecified atom stereocenters. The molecule has 2 aromatic rings. The minimum absolute atomic E-state index is 0.0494. The Morgan fingerprint density at radius 2 is 2.04 bits per heavy atom. The van der Waals surface area contributed by atoms with E-state index < -0.39 is 0 Å². The molecule has 0 aliphatic heterocycles. The monoisotopic (exact) mass is 340 g/mol. The molecule has 8 heteroatoms. The molecule has 0 saturated heterocycles. The molecule has 8 nitrogen and oxygen atoms in total. The zero-order valence-electron chi connectivity index (χ0n) is 14.1. The van der Waals surface area contributed by atoms with Gasteiger partial charge in [-0.2, -0.15) is 5.26 Å². The highest BCUT2D eigenvalue weighted by Gasteiger charge is 2.10. The van der Waals surface area contributed by atoms with Gasteiger partial charge in [0.05, 0.1) is 23.4 Å². The lowest BCUT2D eigenvalue weighted by Crippen LogP contribution is -2.33. The molecule has 2 rings (SSSR count). The number of nitrogens with zero attached hydrogens (tertiary/aromatic N) is 3. The van der Waals surface area contributed by atoms with Crippen LogP contribution in [0.5, 0.6) is 5.75 Å². The third-order valence-electron chi connectivity index (χ3n) is 2.98. The highest BCUT2D eigenvalue weighted by atomic mass is 16.5. The summed E-state index contributed by atoms with van der Waals surface area (Å²) < 4.78 is 5.65. The second kappa shape index (κ2) is 9.08. The zero-order chi connectivity index (χ0) is 18.1. The lowest BCUT2D eigenvalue weighted by Gasteiger charge is -2.15. The number of hydrogen-bond donors (Lipinski definition) is 3. The molecule has 130 valence electrons. The second-order valence-electron chi connectivity index (χ2n) is 5.37. The number of carbonyl (C=O) groups excluding carboxylic acids is 1. The molecule has 0 aliphatic carbocycles. The SMILES string of the molecule is CC(C)Oc1ccc(C#N)cc1NC(=O)NCCNc1ncccn1. The Labute approximate surface area is 146 Å². The number of benzene rings is 1. The van der Waals surface area contributed by atoms with Gasteiger partial charge in [-0.1, -0.05) is 0 Å². The number of hydrogen-bond acceptors (Lipinski definition) is 6. The number of rotatable bonds is 7. The fourth-order valence-corrected chi connectivity index (χ4v) is 1.96. The summed E-state index contributed by atoms with van der Waals surface area (Å²) in [5.41, 5.74) is 0.888. The van der Waals surface area contributed by atoms with Crippen LogP contribution in [0.25, 0.3) is 0 Å². The summed E-state index contributed by atoms with van der Waals surface area (Å²) in [6.07, 6.45) is 3.22. The average molecular weight is 340 g/mol. The predicted octanol–water partition coefficient (Wildman–Crippen LogP) is 2.37. The minimum atomic E-state index is -0.389. The van der Waals surface area contributed by atoms with Crippen LogP contribution in [-0.4, -0.2) is 35.2 Å². The van der Waals surface area contributed by atoms with Crippen molar-refractivity contribution >= 4 is 17.7 Å². The maximum absolute atomic E-state index is 12.0. The fourth-order valence-electron chi connectivity index (χ4n) is 1.96. The molecule has 0 fully saturated rings. The third-order valence-corrected chi connectivity index (χ3v) is 2.98. The molecule has 0 bridgehead atoms. The first-order valence-corrected chi connectivity index (χ1v) is 7.85. The quantitative estimate of drug-likeness (QED) is 0.667. The van der Waals surface area contributed by atoms with E-state index in [1.165, 1.54) is 0 Å². The molecule has 1 aromatic heterocycles. The van der Waals surface area contributed by atoms with E-state index in [9.17, 15) is 4.79 Å². The zero-order valence-corrected chi connectivity index (χ0v) is 14.1. The topological polar surface area (TPSA) is 112 Å². The lowest BCUT2D eigenvalue weighted by molar-refractivity contribution is 0.241. The lowest BCUT2D eigenvalue weighted by atomic mass is 10.2. The van der Waals surface area contributed by atoms with Gasteiger partial charge < -0.3 is 20.7 Å². The van der Waals surface area contributed by atoms with Crippen molar-refractivity contribution in [2.24, 2.45) is 0 Å². The molecule has 0 saturated carbocycles. The smallest absolute Gasteiger partial charge is 0.319 e. The number of carbonyl (C=O) groups is 1. The Morgan fingerprint density at radius 1 is 1.28 bits per heavy atom. The van der Waals surface area contributed by atoms with Crippen molar-refractivity contribution in [2.75, 3.05) is 23.7 Å². The van der Waals surface area contributed by atoms with Crippen LogP contribution in [0.3, 0.4) is 0 Å². The number of nitriles is 1. The van der Waals surface area contributed by atoms with E-state index >= 15 is 0 Å². The highest BCUT2D eigenvalue weighted by molar-refractivity contribution is 5.91. The second-order valence-corrected chi connectivity index (χ2v) is 5.37. The van der Waals surface area contributed by atoms with Crippen LogP contribution in [0, 0.1) is 11.3 Å². The van der Waals surface area contributed by atoms with Gasteiger partial charge in [0.2, 0.25) is 5.95 Å². The van der Waals surface area contributed by atoms with Crippen LogP contribution in [0.15, 0.2) is 36.7 Å². The summed E-state index contributed by atoms with van der Waals surface area (Å²) in [6.45, 7) is 4.63. The van der Waals surface area contributed by atoms with Gasteiger partial charge in [0.15, 0.2) is 0 Å². The molecular formula is C17H20N6O2. The van der Waals surface area contributed by atoms with E-state index in [2.05, 4.69) is 25.9 Å². The predicted molar refractivity (Wildman–Crippen MR) is 94.5 cm³/mol. The summed E-state index contributed by atoms with van der Waals surface area (Å²) in [5.74, 6) is 1.01. The highest BCUT2D eigenvalue weighted by Crippen LogP contribution is 2.26. The van der Waals surface area contributed by atoms with Crippen molar-refractivity contribution < 1.29 is 9.53 Å². The summed E-state index contributed by atoms with van der Waals surface area (Å²) in [7, 11) is 0. The number of urea groups is 1. The van der Waals surface area contributed by atoms with Crippen molar-refractivity contribution in [2.45, 2.75) is 20.0 Å². The van der Waals surface area contributed by atoms with Crippen molar-refractivity contribution in [3.63, 3.8) is 0 Å². The molecule has 2 amide bonds. The number of amides is 2. The maximum atomic E-state index is 12.0. The van der Waals surface area contributed by atoms with Crippen LogP contribution in [0.1, 0.15) is 19.4 Å². The molecule has 0 radical (unpaired) electrons. The maximum Gasteiger partial charge on any atom is 0.319 e. The Morgan fingerprint density at radius 3 is 2.72 bits per heavy atom. The van der Waals surface area contributed by atoms with Crippen molar-refractivity contribution in [1.29, 1.82) is 5.26 Å². The van der Waals surface area contributed by atoms with Gasteiger partial charge in [-0.3, -0.25) is 0 Å². The van der Waals surface area contributed by atoms with Gasteiger partial charge in [-0.05, 0) is 38.1 Å². The summed E-state index contributed by atoms with van der Waals surface area (Å²) >= 11 is 0. The number of aromatic nitrogens is 2. The molecule has 0 spiro atoms. The van der Waals surface area contributed by atoms with E-state index in [1.54, 1.807) is 36.7 Å². The van der Waals surface area contributed by atoms with E-state index in [-0.39, 0.29) is 12.1 Å². The van der Waals surface area contributed by atoms with Gasteiger partial charge in [-0.15, -0.1) is 0 Å². The third kappa shape index (κ3) is 5.99. The van der Waals surface area contributed by atoms with Crippen molar-refractivity contribution in [3.8, 4) is 11.8 Å². The molecule has 1 heterocycles. The van der Waals surface area contributed by atoms with Gasteiger partial charge in [0.25, 0.3) is 0 Å². The molecule has 1 aromatic carbocycles. The van der Waals surface area contributed by atoms with Crippen LogP contribution >= 0.6 is 0 Å². The Balaban J connectivity index is 1.87. The largest absolute Gasteiger partial charge is 0.489 e. The Kier molecular flexibility index (Phi) is 6.54. The van der Waals surface area contributed by atoms with Crippen LogP contribution in [0.4, 0.5) is 16.4 Å². The van der Waals surface area contributed by atoms with Crippen LogP contribution in [-0.2, 0) is 0 Å². The molecule has 25 heavy (non-hydrogen) atoms. The first kappa shape index (κ1) is 18.0. The van der Waals surface area contributed by atoms with Crippen molar-refractivity contribution in [1.82, 2.24) is 15.3 Å². The molecule has 0 aliphatic rings. The molecular weight excluding hydrogens is 320 g/mol. The minimum Gasteiger partial charge on any atom is -0.489 e. The van der Waals surface area contributed by atoms with Gasteiger partial charge in [0, 0.05) is 25.5 Å². The first-order chi connectivity index (χ1) is 12.1. The van der Waals surface area contributed by atoms with E-state index in [1.807, 2.05) is 19.9 Å². The van der Waals surface area contributed by atoms with E-state index in [4.69, 9.17) is 10.00 Å². The Bertz CT molecular complexity index is 743. The first-order valence-electron chi connectivity index (χ1n) is 7.85. The van der Waals surface area contributed by atoms with Gasteiger partial charge in [0.1, 0.15) is 5.75 Å². The number of anilines is 2. The van der Waals surface area contributed by atoms with E-state index in [0.717, 1.165) is 0 Å².